The van der Waals surface area contributed by atoms with Crippen molar-refractivity contribution in [1.29, 1.82) is 0 Å². The van der Waals surface area contributed by atoms with Crippen LogP contribution in [0.2, 0.25) is 0 Å². The molecular weight excluding hydrogens is 386 g/mol. The molecule has 31 heavy (non-hydrogen) atoms. The number of benzene rings is 3. The third-order valence-corrected chi connectivity index (χ3v) is 5.83. The van der Waals surface area contributed by atoms with E-state index in [0.717, 1.165) is 28.8 Å². The molecule has 0 N–H and O–H groups in total. The lowest BCUT2D eigenvalue weighted by Gasteiger charge is -2.16. The molecule has 5 rings (SSSR count). The average molecular weight is 409 g/mol. The van der Waals surface area contributed by atoms with Gasteiger partial charge in [-0.05, 0) is 47.4 Å². The zero-order valence-electron chi connectivity index (χ0n) is 17.4. The van der Waals surface area contributed by atoms with Crippen LogP contribution in [0.15, 0.2) is 83.4 Å². The van der Waals surface area contributed by atoms with Crippen molar-refractivity contribution in [3.05, 3.63) is 90.3 Å². The molecule has 1 atom stereocenters. The normalized spacial score (nSPS) is 16.1. The minimum absolute atomic E-state index is 0.0700. The molecular formula is C26H23N3O2. The quantitative estimate of drug-likeness (QED) is 0.437. The van der Waals surface area contributed by atoms with Gasteiger partial charge in [0.1, 0.15) is 0 Å². The number of amides is 1. The van der Waals surface area contributed by atoms with Gasteiger partial charge >= 0.3 is 0 Å². The van der Waals surface area contributed by atoms with E-state index in [-0.39, 0.29) is 11.8 Å². The molecule has 4 aromatic rings. The van der Waals surface area contributed by atoms with E-state index in [1.54, 1.807) is 0 Å². The van der Waals surface area contributed by atoms with Gasteiger partial charge in [0.2, 0.25) is 5.91 Å². The number of hydrogen-bond acceptors (Lipinski definition) is 4. The van der Waals surface area contributed by atoms with E-state index < -0.39 is 0 Å². The second-order valence-electron chi connectivity index (χ2n) is 7.83. The molecule has 0 spiro atoms. The van der Waals surface area contributed by atoms with Crippen LogP contribution in [-0.4, -0.2) is 22.6 Å². The molecule has 1 saturated heterocycles. The Morgan fingerprint density at radius 2 is 1.58 bits per heavy atom. The summed E-state index contributed by atoms with van der Waals surface area (Å²) in [6.45, 7) is 2.69. The number of aromatic nitrogens is 2. The monoisotopic (exact) mass is 409 g/mol. The first-order valence-corrected chi connectivity index (χ1v) is 10.6. The molecule has 0 unspecified atom stereocenters. The maximum Gasteiger partial charge on any atom is 0.257 e. The van der Waals surface area contributed by atoms with Crippen LogP contribution in [0.25, 0.3) is 22.6 Å². The fourth-order valence-electron chi connectivity index (χ4n) is 4.00. The van der Waals surface area contributed by atoms with Gasteiger partial charge in [0.25, 0.3) is 5.89 Å². The summed E-state index contributed by atoms with van der Waals surface area (Å²) < 4.78 is 5.52. The van der Waals surface area contributed by atoms with Crippen molar-refractivity contribution in [2.75, 3.05) is 11.4 Å². The number of rotatable bonds is 5. The Morgan fingerprint density at radius 1 is 0.903 bits per heavy atom. The zero-order chi connectivity index (χ0) is 21.2. The van der Waals surface area contributed by atoms with Gasteiger partial charge in [0, 0.05) is 30.1 Å². The Kier molecular flexibility index (Phi) is 5.08. The number of carbonyl (C=O) groups excluding carboxylic acids is 1. The maximum absolute atomic E-state index is 12.6. The van der Waals surface area contributed by atoms with Crippen molar-refractivity contribution in [2.24, 2.45) is 0 Å². The van der Waals surface area contributed by atoms with Crippen LogP contribution in [0.3, 0.4) is 0 Å². The SMILES string of the molecule is CCc1ccc(N2C[C@H](c3noc(-c4ccc(-c5ccccc5)cc4)n3)CC2=O)cc1. The van der Waals surface area contributed by atoms with Gasteiger partial charge in [0.15, 0.2) is 5.82 Å². The fraction of sp³-hybridized carbons (Fsp3) is 0.192. The largest absolute Gasteiger partial charge is 0.334 e. The minimum atomic E-state index is -0.0700. The van der Waals surface area contributed by atoms with Gasteiger partial charge in [-0.3, -0.25) is 4.79 Å². The smallest absolute Gasteiger partial charge is 0.257 e. The summed E-state index contributed by atoms with van der Waals surface area (Å²) in [5.74, 6) is 1.09. The molecule has 0 saturated carbocycles. The standard InChI is InChI=1S/C26H23N3O2/c1-2-18-8-14-23(15-9-18)29-17-22(16-24(29)30)25-27-26(31-28-25)21-12-10-20(11-13-21)19-6-4-3-5-7-19/h3-15,22H,2,16-17H2,1H3/t22-/m1/s1. The molecule has 0 bridgehead atoms. The van der Waals surface area contributed by atoms with Gasteiger partial charge in [0.05, 0.1) is 0 Å². The number of carbonyl (C=O) groups is 1. The predicted octanol–water partition coefficient (Wildman–Crippen LogP) is 5.49. The first-order valence-electron chi connectivity index (χ1n) is 10.6. The Hall–Kier alpha value is -3.73. The van der Waals surface area contributed by atoms with Gasteiger partial charge in [-0.1, -0.05) is 66.7 Å². The second kappa shape index (κ2) is 8.19. The van der Waals surface area contributed by atoms with E-state index in [2.05, 4.69) is 53.5 Å². The summed E-state index contributed by atoms with van der Waals surface area (Å²) in [7, 11) is 0. The molecule has 2 heterocycles. The first kappa shape index (κ1) is 19.2. The molecule has 1 amide bonds. The Morgan fingerprint density at radius 3 is 2.29 bits per heavy atom. The molecule has 5 heteroatoms. The van der Waals surface area contributed by atoms with E-state index >= 15 is 0 Å². The summed E-state index contributed by atoms with van der Waals surface area (Å²) >= 11 is 0. The van der Waals surface area contributed by atoms with Gasteiger partial charge in [-0.25, -0.2) is 0 Å². The lowest BCUT2D eigenvalue weighted by atomic mass is 10.0. The highest BCUT2D eigenvalue weighted by molar-refractivity contribution is 5.96. The van der Waals surface area contributed by atoms with Crippen LogP contribution in [0.4, 0.5) is 5.69 Å². The molecule has 1 aromatic heterocycles. The summed E-state index contributed by atoms with van der Waals surface area (Å²) in [5, 5.41) is 4.18. The molecule has 154 valence electrons. The van der Waals surface area contributed by atoms with Crippen LogP contribution in [0, 0.1) is 0 Å². The van der Waals surface area contributed by atoms with E-state index in [0.29, 0.717) is 24.7 Å². The Labute approximate surface area is 181 Å². The summed E-state index contributed by atoms with van der Waals surface area (Å²) in [4.78, 5) is 19.0. The predicted molar refractivity (Wildman–Crippen MR) is 121 cm³/mol. The zero-order valence-corrected chi connectivity index (χ0v) is 17.4. The molecule has 0 aliphatic carbocycles. The van der Waals surface area contributed by atoms with E-state index in [1.165, 1.54) is 5.56 Å². The van der Waals surface area contributed by atoms with Crippen molar-refractivity contribution >= 4 is 11.6 Å². The van der Waals surface area contributed by atoms with Crippen molar-refractivity contribution in [3.8, 4) is 22.6 Å². The number of hydrogen-bond donors (Lipinski definition) is 0. The first-order chi connectivity index (χ1) is 15.2. The highest BCUT2D eigenvalue weighted by Gasteiger charge is 2.34. The van der Waals surface area contributed by atoms with E-state index in [9.17, 15) is 4.79 Å². The molecule has 3 aromatic carbocycles. The molecule has 0 radical (unpaired) electrons. The van der Waals surface area contributed by atoms with Crippen LogP contribution in [0.5, 0.6) is 0 Å². The number of aryl methyl sites for hydroxylation is 1. The lowest BCUT2D eigenvalue weighted by molar-refractivity contribution is -0.117. The molecule has 1 aliphatic heterocycles. The van der Waals surface area contributed by atoms with Crippen LogP contribution >= 0.6 is 0 Å². The Balaban J connectivity index is 1.32. The van der Waals surface area contributed by atoms with Crippen LogP contribution in [-0.2, 0) is 11.2 Å². The molecule has 5 nitrogen and oxygen atoms in total. The summed E-state index contributed by atoms with van der Waals surface area (Å²) in [5.41, 5.74) is 5.35. The van der Waals surface area contributed by atoms with Gasteiger partial charge < -0.3 is 9.42 Å². The Bertz CT molecular complexity index is 1180. The third kappa shape index (κ3) is 3.87. The van der Waals surface area contributed by atoms with Gasteiger partial charge in [-0.15, -0.1) is 0 Å². The van der Waals surface area contributed by atoms with Crippen molar-refractivity contribution in [3.63, 3.8) is 0 Å². The fourth-order valence-corrected chi connectivity index (χ4v) is 4.00. The molecule has 1 aliphatic rings. The van der Waals surface area contributed by atoms with Gasteiger partial charge in [-0.2, -0.15) is 4.98 Å². The maximum atomic E-state index is 12.6. The number of nitrogens with zero attached hydrogens (tertiary/aromatic N) is 3. The topological polar surface area (TPSA) is 59.2 Å². The molecule has 1 fully saturated rings. The number of anilines is 1. The minimum Gasteiger partial charge on any atom is -0.334 e. The highest BCUT2D eigenvalue weighted by atomic mass is 16.5. The van der Waals surface area contributed by atoms with E-state index in [4.69, 9.17) is 4.52 Å². The van der Waals surface area contributed by atoms with E-state index in [1.807, 2.05) is 47.4 Å². The van der Waals surface area contributed by atoms with Crippen LogP contribution in [0.1, 0.15) is 30.7 Å². The lowest BCUT2D eigenvalue weighted by Crippen LogP contribution is -2.24. The summed E-state index contributed by atoms with van der Waals surface area (Å²) in [6.07, 6.45) is 1.37. The third-order valence-electron chi connectivity index (χ3n) is 5.83. The van der Waals surface area contributed by atoms with Crippen molar-refractivity contribution < 1.29 is 9.32 Å². The summed E-state index contributed by atoms with van der Waals surface area (Å²) in [6, 6.07) is 26.5. The average Bonchev–Trinajstić information content (AvgIpc) is 3.47. The second-order valence-corrected chi connectivity index (χ2v) is 7.83. The highest BCUT2D eigenvalue weighted by Crippen LogP contribution is 2.32. The van der Waals surface area contributed by atoms with Crippen molar-refractivity contribution in [1.82, 2.24) is 10.1 Å². The van der Waals surface area contributed by atoms with Crippen molar-refractivity contribution in [2.45, 2.75) is 25.7 Å². The van der Waals surface area contributed by atoms with Crippen LogP contribution < -0.4 is 4.90 Å².